The minimum absolute atomic E-state index is 1.10. The Kier molecular flexibility index (Phi) is 6.80. The van der Waals surface area contributed by atoms with E-state index >= 15 is 0 Å². The van der Waals surface area contributed by atoms with Gasteiger partial charge in [0.1, 0.15) is 0 Å². The Morgan fingerprint density at radius 3 is 2.00 bits per heavy atom. The van der Waals surface area contributed by atoms with Crippen molar-refractivity contribution in [2.45, 2.75) is 22.6 Å². The standard InChI is InChI=1S/C50H36N2S/c1-4-12-34(13-5-1)35-20-24-38(25-21-35)52-47-19-11-10-18-41(47)43-32-37(23-28-48(43)52)36-22-26-45-44(33-36)50-42-30-31-53(39-14-6-2-7-15-39,40-16-8-3-9-17-40)49(42)29-27-46(50)51-45/h1-2,4-8,10-33,51H,3,9H2. The second-order valence-electron chi connectivity index (χ2n) is 14.1. The molecule has 7 aromatic carbocycles. The first kappa shape index (κ1) is 30.3. The zero-order valence-corrected chi connectivity index (χ0v) is 30.0. The number of allylic oxidation sites excluding steroid dienone is 3. The van der Waals surface area contributed by atoms with Crippen LogP contribution in [0, 0.1) is 0 Å². The summed E-state index contributed by atoms with van der Waals surface area (Å²) in [7, 11) is -1.51. The molecule has 9 aromatic rings. The van der Waals surface area contributed by atoms with E-state index in [4.69, 9.17) is 0 Å². The fourth-order valence-electron chi connectivity index (χ4n) is 8.74. The summed E-state index contributed by atoms with van der Waals surface area (Å²) < 4.78 is 2.40. The van der Waals surface area contributed by atoms with E-state index in [0.717, 1.165) is 12.8 Å². The van der Waals surface area contributed by atoms with Crippen LogP contribution in [-0.2, 0) is 0 Å². The monoisotopic (exact) mass is 696 g/mol. The maximum atomic E-state index is 3.77. The zero-order chi connectivity index (χ0) is 34.9. The molecular formula is C50H36N2S. The molecule has 2 aliphatic rings. The smallest absolute Gasteiger partial charge is 0.0541 e. The van der Waals surface area contributed by atoms with Gasteiger partial charge in [-0.05, 0) is 124 Å². The highest BCUT2D eigenvalue weighted by molar-refractivity contribution is 8.39. The largest absolute Gasteiger partial charge is 0.354 e. The third kappa shape index (κ3) is 4.61. The van der Waals surface area contributed by atoms with Crippen molar-refractivity contribution < 1.29 is 0 Å². The lowest BCUT2D eigenvalue weighted by atomic mass is 9.99. The highest BCUT2D eigenvalue weighted by Gasteiger charge is 2.36. The Labute approximate surface area is 310 Å². The number of para-hydroxylation sites is 1. The Hall–Kier alpha value is -6.29. The molecule has 1 N–H and O–H groups in total. The fourth-order valence-corrected chi connectivity index (χ4v) is 12.4. The normalized spacial score (nSPS) is 17.8. The van der Waals surface area contributed by atoms with Crippen molar-refractivity contribution >= 4 is 59.7 Å². The highest BCUT2D eigenvalue weighted by atomic mass is 32.3. The van der Waals surface area contributed by atoms with Gasteiger partial charge in [-0.15, -0.1) is 10.0 Å². The van der Waals surface area contributed by atoms with Crippen LogP contribution in [-0.4, -0.2) is 9.55 Å². The summed E-state index contributed by atoms with van der Waals surface area (Å²) in [6.07, 6.45) is 11.8. The summed E-state index contributed by atoms with van der Waals surface area (Å²) in [4.78, 5) is 8.05. The number of fused-ring (bicyclic) bond motifs is 8. The van der Waals surface area contributed by atoms with E-state index in [9.17, 15) is 0 Å². The Bertz CT molecular complexity index is 2980. The van der Waals surface area contributed by atoms with Crippen molar-refractivity contribution in [2.75, 3.05) is 0 Å². The van der Waals surface area contributed by atoms with E-state index in [-0.39, 0.29) is 0 Å². The van der Waals surface area contributed by atoms with Crippen molar-refractivity contribution in [1.82, 2.24) is 9.55 Å². The second-order valence-corrected chi connectivity index (χ2v) is 17.1. The van der Waals surface area contributed by atoms with E-state index in [2.05, 4.69) is 197 Å². The average molecular weight is 697 g/mol. The molecule has 1 atom stereocenters. The minimum atomic E-state index is -1.51. The van der Waals surface area contributed by atoms with E-state index in [1.165, 1.54) is 91.8 Å². The molecule has 0 bridgehead atoms. The van der Waals surface area contributed by atoms with Crippen LogP contribution in [0.2, 0.25) is 0 Å². The molecule has 11 rings (SSSR count). The number of benzene rings is 7. The first-order chi connectivity index (χ1) is 26.3. The molecule has 3 heterocycles. The summed E-state index contributed by atoms with van der Waals surface area (Å²) in [6, 6.07) is 58.1. The molecule has 0 saturated carbocycles. The molecule has 2 aromatic heterocycles. The quantitative estimate of drug-likeness (QED) is 0.185. The number of H-pyrrole nitrogens is 1. The number of aromatic amines is 1. The number of rotatable bonds is 5. The molecule has 1 aliphatic carbocycles. The van der Waals surface area contributed by atoms with E-state index in [0.29, 0.717) is 0 Å². The Morgan fingerprint density at radius 1 is 0.509 bits per heavy atom. The molecule has 2 nitrogen and oxygen atoms in total. The molecule has 1 unspecified atom stereocenters. The van der Waals surface area contributed by atoms with E-state index in [1.807, 2.05) is 0 Å². The van der Waals surface area contributed by atoms with Crippen molar-refractivity contribution in [3.05, 3.63) is 192 Å². The molecule has 0 amide bonds. The zero-order valence-electron chi connectivity index (χ0n) is 29.2. The topological polar surface area (TPSA) is 20.7 Å². The van der Waals surface area contributed by atoms with Crippen LogP contribution in [0.4, 0.5) is 0 Å². The second kappa shape index (κ2) is 11.9. The van der Waals surface area contributed by atoms with Gasteiger partial charge < -0.3 is 9.55 Å². The molecule has 53 heavy (non-hydrogen) atoms. The van der Waals surface area contributed by atoms with Crippen molar-refractivity contribution in [1.29, 1.82) is 0 Å². The molecule has 1 aliphatic heterocycles. The van der Waals surface area contributed by atoms with E-state index in [1.54, 1.807) is 0 Å². The highest BCUT2D eigenvalue weighted by Crippen LogP contribution is 2.74. The van der Waals surface area contributed by atoms with Gasteiger partial charge in [-0.3, -0.25) is 0 Å². The van der Waals surface area contributed by atoms with Gasteiger partial charge in [-0.1, -0.05) is 109 Å². The minimum Gasteiger partial charge on any atom is -0.354 e. The van der Waals surface area contributed by atoms with Crippen LogP contribution in [0.5, 0.6) is 0 Å². The Balaban J connectivity index is 1.05. The molecule has 0 radical (unpaired) electrons. The maximum absolute atomic E-state index is 3.77. The van der Waals surface area contributed by atoms with E-state index < -0.39 is 10.0 Å². The number of aromatic nitrogens is 2. The molecule has 252 valence electrons. The lowest BCUT2D eigenvalue weighted by Crippen LogP contribution is -2.02. The summed E-state index contributed by atoms with van der Waals surface area (Å²) in [5.41, 5.74) is 12.2. The summed E-state index contributed by atoms with van der Waals surface area (Å²) in [6.45, 7) is 0. The van der Waals surface area contributed by atoms with Crippen LogP contribution < -0.4 is 0 Å². The lowest BCUT2D eigenvalue weighted by Gasteiger charge is -2.38. The number of nitrogens with one attached hydrogen (secondary N) is 1. The maximum Gasteiger partial charge on any atom is 0.0541 e. The number of hydrogen-bond donors (Lipinski definition) is 1. The van der Waals surface area contributed by atoms with Crippen LogP contribution in [0.15, 0.2) is 196 Å². The van der Waals surface area contributed by atoms with Gasteiger partial charge >= 0.3 is 0 Å². The van der Waals surface area contributed by atoms with Gasteiger partial charge in [-0.2, -0.15) is 0 Å². The number of nitrogens with zero attached hydrogens (tertiary/aromatic N) is 1. The van der Waals surface area contributed by atoms with Gasteiger partial charge in [-0.25, -0.2) is 0 Å². The predicted octanol–water partition coefficient (Wildman–Crippen LogP) is 14.2. The third-order valence-electron chi connectivity index (χ3n) is 11.2. The molecule has 0 fully saturated rings. The fraction of sp³-hybridized carbons (Fsp3) is 0.0400. The van der Waals surface area contributed by atoms with Crippen LogP contribution in [0.3, 0.4) is 0 Å². The summed E-state index contributed by atoms with van der Waals surface area (Å²) in [5, 5.41) is 7.64. The Morgan fingerprint density at radius 2 is 1.19 bits per heavy atom. The molecule has 0 spiro atoms. The van der Waals surface area contributed by atoms with Gasteiger partial charge in [0.2, 0.25) is 0 Å². The first-order valence-corrected chi connectivity index (χ1v) is 20.2. The third-order valence-corrected chi connectivity index (χ3v) is 14.9. The van der Waals surface area contributed by atoms with Crippen LogP contribution in [0.25, 0.3) is 77.6 Å². The number of hydrogen-bond acceptors (Lipinski definition) is 0. The SMILES string of the molecule is C1=CC(S2(c3ccccc3)C=Cc3c2ccc2[nH]c4ccc(-c5ccc6c(c5)c5ccccc5n6-c5ccc(-c6ccccc6)cc5)cc4c32)=CCC1. The van der Waals surface area contributed by atoms with Gasteiger partial charge in [0, 0.05) is 48.1 Å². The lowest BCUT2D eigenvalue weighted by molar-refractivity contribution is 1.03. The first-order valence-electron chi connectivity index (χ1n) is 18.5. The van der Waals surface area contributed by atoms with Crippen molar-refractivity contribution in [3.63, 3.8) is 0 Å². The van der Waals surface area contributed by atoms with Crippen LogP contribution >= 0.6 is 10.0 Å². The molecule has 0 saturated heterocycles. The van der Waals surface area contributed by atoms with Gasteiger partial charge in [0.25, 0.3) is 0 Å². The molecule has 3 heteroatoms. The van der Waals surface area contributed by atoms with Gasteiger partial charge in [0.05, 0.1) is 11.0 Å². The van der Waals surface area contributed by atoms with Gasteiger partial charge in [0.15, 0.2) is 0 Å². The summed E-state index contributed by atoms with van der Waals surface area (Å²) in [5.74, 6) is 0. The van der Waals surface area contributed by atoms with Crippen molar-refractivity contribution in [3.8, 4) is 27.9 Å². The predicted molar refractivity (Wildman–Crippen MR) is 227 cm³/mol. The molecular weight excluding hydrogens is 661 g/mol. The van der Waals surface area contributed by atoms with Crippen LogP contribution in [0.1, 0.15) is 18.4 Å². The van der Waals surface area contributed by atoms with Crippen molar-refractivity contribution in [2.24, 2.45) is 0 Å². The summed E-state index contributed by atoms with van der Waals surface area (Å²) >= 11 is 0. The average Bonchev–Trinajstić information content (AvgIpc) is 3.91.